The van der Waals surface area contributed by atoms with Crippen LogP contribution in [0, 0.1) is 20.8 Å². The first-order valence-corrected chi connectivity index (χ1v) is 11.2. The first-order valence-electron chi connectivity index (χ1n) is 10.4. The van der Waals surface area contributed by atoms with Gasteiger partial charge in [-0.15, -0.1) is 11.3 Å². The zero-order valence-electron chi connectivity index (χ0n) is 18.5. The third-order valence-corrected chi connectivity index (χ3v) is 5.92. The van der Waals surface area contributed by atoms with Crippen molar-refractivity contribution < 1.29 is 18.5 Å². The van der Waals surface area contributed by atoms with E-state index in [2.05, 4.69) is 25.8 Å². The van der Waals surface area contributed by atoms with Crippen molar-refractivity contribution in [1.29, 1.82) is 0 Å². The predicted octanol–water partition coefficient (Wildman–Crippen LogP) is 5.37. The fourth-order valence-electron chi connectivity index (χ4n) is 3.65. The summed E-state index contributed by atoms with van der Waals surface area (Å²) in [5.41, 5.74) is 3.52. The number of carbonyl (C=O) groups excluding carboxylic acids is 2. The van der Waals surface area contributed by atoms with E-state index in [9.17, 15) is 9.59 Å². The Labute approximate surface area is 197 Å². The lowest BCUT2D eigenvalue weighted by atomic mass is 10.1. The van der Waals surface area contributed by atoms with Crippen LogP contribution in [0.5, 0.6) is 0 Å². The molecule has 4 heterocycles. The Bertz CT molecular complexity index is 1520. The highest BCUT2D eigenvalue weighted by Crippen LogP contribution is 2.31. The number of benzene rings is 1. The molecule has 170 valence electrons. The molecular formula is C24H19N5O4S. The molecule has 5 rings (SSSR count). The number of hydrogen-bond acceptors (Lipinski definition) is 8. The van der Waals surface area contributed by atoms with E-state index in [1.54, 1.807) is 48.8 Å². The number of carbonyl (C=O) groups is 2. The van der Waals surface area contributed by atoms with Gasteiger partial charge >= 0.3 is 0 Å². The molecule has 10 heteroatoms. The second kappa shape index (κ2) is 8.56. The molecule has 34 heavy (non-hydrogen) atoms. The number of anilines is 2. The standard InChI is InChI=1S/C24H19N5O4S/c1-12-10-17(14(3)32-12)19-11-18(20-13(2)29-33-23(20)27-19)22(31)26-16-6-4-15(5-7-16)21(30)28-24-25-8-9-34-24/h4-11H,1-3H3,(H,26,31)(H,25,28,30). The molecule has 0 aliphatic carbocycles. The van der Waals surface area contributed by atoms with Crippen molar-refractivity contribution in [2.24, 2.45) is 0 Å². The van der Waals surface area contributed by atoms with E-state index in [-0.39, 0.29) is 17.5 Å². The van der Waals surface area contributed by atoms with E-state index in [1.807, 2.05) is 19.9 Å². The van der Waals surface area contributed by atoms with Crippen molar-refractivity contribution in [3.05, 3.63) is 76.3 Å². The van der Waals surface area contributed by atoms with Crippen LogP contribution >= 0.6 is 11.3 Å². The lowest BCUT2D eigenvalue weighted by molar-refractivity contribution is 0.102. The summed E-state index contributed by atoms with van der Waals surface area (Å²) in [4.78, 5) is 34.2. The minimum Gasteiger partial charge on any atom is -0.466 e. The maximum absolute atomic E-state index is 13.3. The summed E-state index contributed by atoms with van der Waals surface area (Å²) in [6.07, 6.45) is 1.62. The number of aryl methyl sites for hydroxylation is 3. The Morgan fingerprint density at radius 1 is 1.00 bits per heavy atom. The number of furan rings is 1. The fraction of sp³-hybridized carbons (Fsp3) is 0.125. The van der Waals surface area contributed by atoms with E-state index < -0.39 is 0 Å². The van der Waals surface area contributed by atoms with Gasteiger partial charge in [-0.1, -0.05) is 5.16 Å². The molecule has 5 aromatic rings. The Hall–Kier alpha value is -4.31. The van der Waals surface area contributed by atoms with Gasteiger partial charge in [-0.2, -0.15) is 0 Å². The Kier molecular flexibility index (Phi) is 5.42. The molecule has 0 aliphatic heterocycles. The number of nitrogens with one attached hydrogen (secondary N) is 2. The molecule has 0 saturated carbocycles. The van der Waals surface area contributed by atoms with Crippen molar-refractivity contribution in [3.63, 3.8) is 0 Å². The van der Waals surface area contributed by atoms with Gasteiger partial charge in [0.1, 0.15) is 11.5 Å². The molecule has 0 radical (unpaired) electrons. The maximum Gasteiger partial charge on any atom is 0.259 e. The second-order valence-electron chi connectivity index (χ2n) is 7.65. The summed E-state index contributed by atoms with van der Waals surface area (Å²) in [5.74, 6) is 0.809. The van der Waals surface area contributed by atoms with E-state index in [1.165, 1.54) is 11.3 Å². The van der Waals surface area contributed by atoms with E-state index >= 15 is 0 Å². The summed E-state index contributed by atoms with van der Waals surface area (Å²) in [6.45, 7) is 5.45. The Morgan fingerprint density at radius 2 is 1.79 bits per heavy atom. The van der Waals surface area contributed by atoms with Crippen LogP contribution in [0.15, 0.2) is 56.9 Å². The molecule has 2 amide bonds. The van der Waals surface area contributed by atoms with Gasteiger partial charge in [-0.05, 0) is 57.2 Å². The molecule has 0 saturated heterocycles. The molecule has 9 nitrogen and oxygen atoms in total. The Morgan fingerprint density at radius 3 is 2.47 bits per heavy atom. The molecule has 4 aromatic heterocycles. The van der Waals surface area contributed by atoms with Crippen LogP contribution in [-0.2, 0) is 0 Å². The smallest absolute Gasteiger partial charge is 0.259 e. The van der Waals surface area contributed by atoms with Crippen molar-refractivity contribution in [2.75, 3.05) is 10.6 Å². The van der Waals surface area contributed by atoms with Gasteiger partial charge in [0.2, 0.25) is 0 Å². The van der Waals surface area contributed by atoms with Gasteiger partial charge in [0.05, 0.1) is 22.3 Å². The average molecular weight is 474 g/mol. The number of pyridine rings is 1. The minimum absolute atomic E-state index is 0.271. The largest absolute Gasteiger partial charge is 0.466 e. The molecule has 0 atom stereocenters. The maximum atomic E-state index is 13.3. The van der Waals surface area contributed by atoms with Crippen LogP contribution in [0.1, 0.15) is 37.9 Å². The SMILES string of the molecule is Cc1cc(-c2cc(C(=O)Nc3ccc(C(=O)Nc4nccs4)cc3)c3c(C)noc3n2)c(C)o1. The van der Waals surface area contributed by atoms with Gasteiger partial charge < -0.3 is 14.3 Å². The summed E-state index contributed by atoms with van der Waals surface area (Å²) >= 11 is 1.34. The summed E-state index contributed by atoms with van der Waals surface area (Å²) in [6, 6.07) is 10.2. The third kappa shape index (κ3) is 4.06. The average Bonchev–Trinajstić information content (AvgIpc) is 3.54. The predicted molar refractivity (Wildman–Crippen MR) is 128 cm³/mol. The van der Waals surface area contributed by atoms with Crippen LogP contribution in [0.4, 0.5) is 10.8 Å². The van der Waals surface area contributed by atoms with Gasteiger partial charge in [0.15, 0.2) is 5.13 Å². The minimum atomic E-state index is -0.349. The highest BCUT2D eigenvalue weighted by molar-refractivity contribution is 7.13. The molecule has 0 unspecified atom stereocenters. The van der Waals surface area contributed by atoms with E-state index in [0.717, 1.165) is 11.3 Å². The first-order chi connectivity index (χ1) is 16.4. The highest BCUT2D eigenvalue weighted by Gasteiger charge is 2.21. The van der Waals surface area contributed by atoms with E-state index in [4.69, 9.17) is 8.94 Å². The van der Waals surface area contributed by atoms with Crippen LogP contribution in [-0.4, -0.2) is 26.9 Å². The van der Waals surface area contributed by atoms with Crippen LogP contribution in [0.2, 0.25) is 0 Å². The van der Waals surface area contributed by atoms with Crippen molar-refractivity contribution in [1.82, 2.24) is 15.1 Å². The van der Waals surface area contributed by atoms with Gasteiger partial charge in [-0.25, -0.2) is 9.97 Å². The number of amides is 2. The molecular weight excluding hydrogens is 454 g/mol. The zero-order valence-corrected chi connectivity index (χ0v) is 19.3. The number of rotatable bonds is 5. The van der Waals surface area contributed by atoms with Crippen LogP contribution in [0.3, 0.4) is 0 Å². The number of thiazole rings is 1. The lowest BCUT2D eigenvalue weighted by Crippen LogP contribution is -2.14. The third-order valence-electron chi connectivity index (χ3n) is 5.24. The molecule has 0 aliphatic rings. The van der Waals surface area contributed by atoms with Crippen molar-refractivity contribution in [2.45, 2.75) is 20.8 Å². The van der Waals surface area contributed by atoms with Crippen LogP contribution < -0.4 is 10.6 Å². The Balaban J connectivity index is 1.42. The highest BCUT2D eigenvalue weighted by atomic mass is 32.1. The molecule has 1 aromatic carbocycles. The van der Waals surface area contributed by atoms with Gasteiger partial charge in [0.25, 0.3) is 17.5 Å². The quantitative estimate of drug-likeness (QED) is 0.352. The number of aromatic nitrogens is 3. The number of nitrogens with zero attached hydrogens (tertiary/aromatic N) is 3. The van der Waals surface area contributed by atoms with Crippen molar-refractivity contribution in [3.8, 4) is 11.3 Å². The summed E-state index contributed by atoms with van der Waals surface area (Å²) in [7, 11) is 0. The normalized spacial score (nSPS) is 11.0. The second-order valence-corrected chi connectivity index (χ2v) is 8.55. The molecule has 0 bridgehead atoms. The van der Waals surface area contributed by atoms with Crippen LogP contribution in [0.25, 0.3) is 22.4 Å². The number of hydrogen-bond donors (Lipinski definition) is 2. The molecule has 0 spiro atoms. The monoisotopic (exact) mass is 473 g/mol. The zero-order chi connectivity index (χ0) is 23.8. The summed E-state index contributed by atoms with van der Waals surface area (Å²) in [5, 5.41) is 12.4. The topological polar surface area (TPSA) is 123 Å². The van der Waals surface area contributed by atoms with E-state index in [0.29, 0.717) is 44.5 Å². The van der Waals surface area contributed by atoms with Crippen molar-refractivity contribution >= 4 is 45.1 Å². The lowest BCUT2D eigenvalue weighted by Gasteiger charge is -2.09. The molecule has 0 fully saturated rings. The fourth-order valence-corrected chi connectivity index (χ4v) is 4.18. The van der Waals surface area contributed by atoms with Gasteiger partial charge in [-0.3, -0.25) is 14.9 Å². The first kappa shape index (κ1) is 21.5. The summed E-state index contributed by atoms with van der Waals surface area (Å²) < 4.78 is 11.0. The molecule has 2 N–H and O–H groups in total. The van der Waals surface area contributed by atoms with Gasteiger partial charge in [0, 0.05) is 28.4 Å². The number of fused-ring (bicyclic) bond motifs is 1.